The number of benzene rings is 2. The number of rotatable bonds is 5. The van der Waals surface area contributed by atoms with Crippen LogP contribution >= 0.6 is 27.7 Å². The van der Waals surface area contributed by atoms with Gasteiger partial charge in [-0.05, 0) is 43.7 Å². The van der Waals surface area contributed by atoms with Crippen LogP contribution in [0.25, 0.3) is 0 Å². The van der Waals surface area contributed by atoms with Crippen molar-refractivity contribution in [3.63, 3.8) is 0 Å². The summed E-state index contributed by atoms with van der Waals surface area (Å²) in [5.41, 5.74) is 3.04. The van der Waals surface area contributed by atoms with Crippen molar-refractivity contribution >= 4 is 50.8 Å². The molecule has 0 radical (unpaired) electrons. The van der Waals surface area contributed by atoms with E-state index in [0.29, 0.717) is 16.3 Å². The molecule has 6 nitrogen and oxygen atoms in total. The van der Waals surface area contributed by atoms with Gasteiger partial charge in [0.1, 0.15) is 5.75 Å². The Labute approximate surface area is 175 Å². The van der Waals surface area contributed by atoms with E-state index in [1.165, 1.54) is 18.0 Å². The van der Waals surface area contributed by atoms with Crippen LogP contribution in [0, 0.1) is 13.8 Å². The number of ketones is 1. The maximum atomic E-state index is 12.6. The molecule has 0 bridgehead atoms. The van der Waals surface area contributed by atoms with Crippen molar-refractivity contribution in [2.45, 2.75) is 25.5 Å². The number of hydrogen-bond donors (Lipinski definition) is 2. The number of amidine groups is 1. The number of aromatic hydroxyl groups is 1. The van der Waals surface area contributed by atoms with Gasteiger partial charge < -0.3 is 10.4 Å². The third kappa shape index (κ3) is 4.88. The first kappa shape index (κ1) is 20.3. The Bertz CT molecular complexity index is 1000. The van der Waals surface area contributed by atoms with Crippen molar-refractivity contribution in [1.29, 1.82) is 0 Å². The van der Waals surface area contributed by atoms with Crippen molar-refractivity contribution in [3.8, 4) is 5.75 Å². The van der Waals surface area contributed by atoms with Gasteiger partial charge in [-0.3, -0.25) is 9.59 Å². The fourth-order valence-corrected chi connectivity index (χ4v) is 3.98. The standard InChI is InChI=1S/C20H18BrN3O3S/c1-11-3-4-12(2)15(7-11)17(26)9-18-19(27)23-20(28-18)24-22-10-13-8-14(21)5-6-16(13)25/h3-8,10,18,25H,9H2,1-2H3,(H,23,24,27)/b22-10+. The minimum Gasteiger partial charge on any atom is -0.507 e. The van der Waals surface area contributed by atoms with Gasteiger partial charge in [-0.2, -0.15) is 5.10 Å². The molecule has 1 heterocycles. The first-order valence-corrected chi connectivity index (χ1v) is 10.2. The number of aryl methyl sites for hydroxylation is 2. The fraction of sp³-hybridized carbons (Fsp3) is 0.200. The van der Waals surface area contributed by atoms with Gasteiger partial charge in [0.05, 0.1) is 11.5 Å². The first-order valence-electron chi connectivity index (χ1n) is 8.51. The molecule has 1 saturated heterocycles. The summed E-state index contributed by atoms with van der Waals surface area (Å²) in [6.45, 7) is 3.81. The van der Waals surface area contributed by atoms with Crippen LogP contribution < -0.4 is 5.32 Å². The molecule has 28 heavy (non-hydrogen) atoms. The SMILES string of the molecule is Cc1ccc(C)c(C(=O)CC2S/C(=N\N=C\c3cc(Br)ccc3O)NC2=O)c1. The molecule has 0 aliphatic carbocycles. The van der Waals surface area contributed by atoms with Crippen LogP contribution in [0.1, 0.15) is 33.5 Å². The van der Waals surface area contributed by atoms with Crippen LogP contribution in [-0.4, -0.2) is 33.4 Å². The normalized spacial score (nSPS) is 18.0. The molecule has 2 N–H and O–H groups in total. The minimum absolute atomic E-state index is 0.0716. The van der Waals surface area contributed by atoms with Gasteiger partial charge in [-0.25, -0.2) is 0 Å². The predicted octanol–water partition coefficient (Wildman–Crippen LogP) is 3.97. The third-order valence-corrected chi connectivity index (χ3v) is 5.74. The molecule has 1 atom stereocenters. The number of phenolic OH excluding ortho intramolecular Hbond substituents is 1. The number of nitrogens with zero attached hydrogens (tertiary/aromatic N) is 2. The van der Waals surface area contributed by atoms with E-state index >= 15 is 0 Å². The molecule has 2 aromatic rings. The zero-order chi connectivity index (χ0) is 20.3. The quantitative estimate of drug-likeness (QED) is 0.402. The molecule has 0 aromatic heterocycles. The lowest BCUT2D eigenvalue weighted by atomic mass is 9.99. The maximum Gasteiger partial charge on any atom is 0.240 e. The average molecular weight is 460 g/mol. The summed E-state index contributed by atoms with van der Waals surface area (Å²) in [4.78, 5) is 24.8. The van der Waals surface area contributed by atoms with Gasteiger partial charge in [0.15, 0.2) is 11.0 Å². The Morgan fingerprint density at radius 2 is 2.07 bits per heavy atom. The summed E-state index contributed by atoms with van der Waals surface area (Å²) in [6, 6.07) is 10.7. The van der Waals surface area contributed by atoms with E-state index in [2.05, 4.69) is 31.4 Å². The smallest absolute Gasteiger partial charge is 0.240 e. The number of Topliss-reactive ketones (excluding diaryl/α,β-unsaturated/α-hetero) is 1. The number of nitrogens with one attached hydrogen (secondary N) is 1. The number of phenols is 1. The van der Waals surface area contributed by atoms with E-state index in [1.807, 2.05) is 32.0 Å². The summed E-state index contributed by atoms with van der Waals surface area (Å²) in [7, 11) is 0. The lowest BCUT2D eigenvalue weighted by molar-refractivity contribution is -0.118. The Balaban J connectivity index is 1.67. The predicted molar refractivity (Wildman–Crippen MR) is 115 cm³/mol. The van der Waals surface area contributed by atoms with E-state index in [1.54, 1.807) is 18.2 Å². The second-order valence-electron chi connectivity index (χ2n) is 6.39. The van der Waals surface area contributed by atoms with Gasteiger partial charge in [-0.1, -0.05) is 45.4 Å². The largest absolute Gasteiger partial charge is 0.507 e. The molecular weight excluding hydrogens is 442 g/mol. The minimum atomic E-state index is -0.541. The zero-order valence-electron chi connectivity index (χ0n) is 15.3. The topological polar surface area (TPSA) is 91.1 Å². The Hall–Kier alpha value is -2.45. The van der Waals surface area contributed by atoms with Crippen molar-refractivity contribution in [2.75, 3.05) is 0 Å². The highest BCUT2D eigenvalue weighted by Crippen LogP contribution is 2.25. The Kier molecular flexibility index (Phi) is 6.31. The third-order valence-electron chi connectivity index (χ3n) is 4.18. The molecule has 1 amide bonds. The molecule has 0 saturated carbocycles. The highest BCUT2D eigenvalue weighted by Gasteiger charge is 2.32. The van der Waals surface area contributed by atoms with Gasteiger partial charge >= 0.3 is 0 Å². The fourth-order valence-electron chi connectivity index (χ4n) is 2.67. The van der Waals surface area contributed by atoms with Gasteiger partial charge in [-0.15, -0.1) is 5.10 Å². The summed E-state index contributed by atoms with van der Waals surface area (Å²) in [5.74, 6) is -0.257. The highest BCUT2D eigenvalue weighted by atomic mass is 79.9. The van der Waals surface area contributed by atoms with Crippen molar-refractivity contribution in [2.24, 2.45) is 10.2 Å². The molecule has 1 aliphatic heterocycles. The second-order valence-corrected chi connectivity index (χ2v) is 8.50. The molecule has 8 heteroatoms. The van der Waals surface area contributed by atoms with Crippen molar-refractivity contribution in [3.05, 3.63) is 63.1 Å². The molecule has 1 unspecified atom stereocenters. The lowest BCUT2D eigenvalue weighted by Gasteiger charge is -2.08. The number of amides is 1. The van der Waals surface area contributed by atoms with Crippen LogP contribution in [0.5, 0.6) is 5.75 Å². The molecule has 0 spiro atoms. The summed E-state index contributed by atoms with van der Waals surface area (Å²) in [5, 5.41) is 20.1. The van der Waals surface area contributed by atoms with Gasteiger partial charge in [0, 0.05) is 22.0 Å². The molecule has 3 rings (SSSR count). The maximum absolute atomic E-state index is 12.6. The van der Waals surface area contributed by atoms with Crippen LogP contribution in [0.4, 0.5) is 0 Å². The van der Waals surface area contributed by atoms with Crippen LogP contribution in [0.2, 0.25) is 0 Å². The molecule has 144 valence electrons. The van der Waals surface area contributed by atoms with Gasteiger partial charge in [0.2, 0.25) is 5.91 Å². The van der Waals surface area contributed by atoms with Crippen LogP contribution in [0.15, 0.2) is 51.1 Å². The van der Waals surface area contributed by atoms with Crippen LogP contribution in [-0.2, 0) is 4.79 Å². The summed E-state index contributed by atoms with van der Waals surface area (Å²) >= 11 is 4.50. The van der Waals surface area contributed by atoms with Gasteiger partial charge in [0.25, 0.3) is 0 Å². The molecule has 1 aliphatic rings. The van der Waals surface area contributed by atoms with Crippen LogP contribution in [0.3, 0.4) is 0 Å². The zero-order valence-corrected chi connectivity index (χ0v) is 17.7. The molecule has 2 aromatic carbocycles. The number of carbonyl (C=O) groups excluding carboxylic acids is 2. The van der Waals surface area contributed by atoms with Crippen molar-refractivity contribution < 1.29 is 14.7 Å². The molecular formula is C20H18BrN3O3S. The van der Waals surface area contributed by atoms with E-state index in [4.69, 9.17) is 0 Å². The first-order chi connectivity index (χ1) is 13.3. The van der Waals surface area contributed by atoms with E-state index < -0.39 is 5.25 Å². The monoisotopic (exact) mass is 459 g/mol. The number of halogens is 1. The molecule has 1 fully saturated rings. The summed E-state index contributed by atoms with van der Waals surface area (Å²) in [6.07, 6.45) is 1.49. The highest BCUT2D eigenvalue weighted by molar-refractivity contribution is 9.10. The summed E-state index contributed by atoms with van der Waals surface area (Å²) < 4.78 is 0.799. The van der Waals surface area contributed by atoms with E-state index in [9.17, 15) is 14.7 Å². The Morgan fingerprint density at radius 3 is 2.86 bits per heavy atom. The lowest BCUT2D eigenvalue weighted by Crippen LogP contribution is -2.26. The average Bonchev–Trinajstić information content (AvgIpc) is 2.99. The second kappa shape index (κ2) is 8.70. The number of hydrogen-bond acceptors (Lipinski definition) is 6. The number of carbonyl (C=O) groups is 2. The Morgan fingerprint density at radius 1 is 1.29 bits per heavy atom. The van der Waals surface area contributed by atoms with Crippen molar-refractivity contribution in [1.82, 2.24) is 5.32 Å². The van der Waals surface area contributed by atoms with E-state index in [0.717, 1.165) is 15.6 Å². The van der Waals surface area contributed by atoms with E-state index in [-0.39, 0.29) is 23.9 Å². The number of thioether (sulfide) groups is 1.